The number of nitrogens with zero attached hydrogens (tertiary/aromatic N) is 1. The average Bonchev–Trinajstić information content (AvgIpc) is 3.20. The van der Waals surface area contributed by atoms with Crippen molar-refractivity contribution >= 4 is 26.0 Å². The van der Waals surface area contributed by atoms with Gasteiger partial charge in [-0.2, -0.15) is 13.2 Å². The van der Waals surface area contributed by atoms with E-state index in [1.165, 1.54) is 40.9 Å². The average molecular weight is 554 g/mol. The zero-order valence-electron chi connectivity index (χ0n) is 22.7. The highest BCUT2D eigenvalue weighted by Crippen LogP contribution is 2.46. The minimum atomic E-state index is -4.95. The summed E-state index contributed by atoms with van der Waals surface area (Å²) in [5, 5.41) is -0.0780. The fourth-order valence-corrected chi connectivity index (χ4v) is 6.86. The Morgan fingerprint density at radius 3 is 2.16 bits per heavy atom. The van der Waals surface area contributed by atoms with Crippen LogP contribution in [0.5, 0.6) is 0 Å². The maximum Gasteiger partial charge on any atom is 0.430 e. The zero-order valence-corrected chi connectivity index (χ0v) is 24.5. The van der Waals surface area contributed by atoms with Crippen LogP contribution in [0.3, 0.4) is 0 Å². The van der Waals surface area contributed by atoms with Crippen molar-refractivity contribution in [3.63, 3.8) is 0 Å². The quantitative estimate of drug-likeness (QED) is 0.256. The number of amides is 1. The lowest BCUT2D eigenvalue weighted by atomic mass is 9.90. The van der Waals surface area contributed by atoms with Crippen LogP contribution in [0.4, 0.5) is 13.2 Å². The van der Waals surface area contributed by atoms with Gasteiger partial charge in [0.25, 0.3) is 11.5 Å². The molecule has 0 unspecified atom stereocenters. The van der Waals surface area contributed by atoms with E-state index in [2.05, 4.69) is 33.9 Å². The fourth-order valence-electron chi connectivity index (χ4n) is 4.39. The van der Waals surface area contributed by atoms with Gasteiger partial charge >= 0.3 is 6.18 Å². The molecule has 0 bridgehead atoms. The van der Waals surface area contributed by atoms with Crippen molar-refractivity contribution in [2.45, 2.75) is 81.1 Å². The standard InChI is InChI=1S/C28H38F3NO3SSi/c1-20-13-15-22(16-14-20)36-19-23-24(35-37(6,7)26(2,3)4)17-18-32(23)25(33)27(34-5,28(29,30)31)21-11-9-8-10-12-21/h8-16,23-24H,17-19H2,1-7H3/t23-,24+,27+/m0/s1. The van der Waals surface area contributed by atoms with E-state index in [0.29, 0.717) is 12.2 Å². The number of carbonyl (C=O) groups excluding carboxylic acids is 1. The summed E-state index contributed by atoms with van der Waals surface area (Å²) in [7, 11) is -1.29. The Morgan fingerprint density at radius 2 is 1.65 bits per heavy atom. The minimum Gasteiger partial charge on any atom is -0.412 e. The summed E-state index contributed by atoms with van der Waals surface area (Å²) in [6, 6.07) is 14.6. The number of halogens is 3. The van der Waals surface area contributed by atoms with Crippen LogP contribution in [0.15, 0.2) is 59.5 Å². The summed E-state index contributed by atoms with van der Waals surface area (Å²) < 4.78 is 55.9. The van der Waals surface area contributed by atoms with Crippen molar-refractivity contribution < 1.29 is 27.1 Å². The van der Waals surface area contributed by atoms with Crippen molar-refractivity contribution in [1.82, 2.24) is 4.90 Å². The Balaban J connectivity index is 2.00. The van der Waals surface area contributed by atoms with E-state index in [-0.39, 0.29) is 23.3 Å². The first kappa shape index (κ1) is 29.7. The lowest BCUT2D eigenvalue weighted by Gasteiger charge is -2.42. The highest BCUT2D eigenvalue weighted by atomic mass is 32.2. The monoisotopic (exact) mass is 553 g/mol. The molecule has 0 aliphatic carbocycles. The van der Waals surface area contributed by atoms with E-state index >= 15 is 0 Å². The number of likely N-dealkylation sites (tertiary alicyclic amines) is 1. The number of methoxy groups -OCH3 is 1. The summed E-state index contributed by atoms with van der Waals surface area (Å²) >= 11 is 1.53. The summed E-state index contributed by atoms with van der Waals surface area (Å²) in [4.78, 5) is 16.3. The molecule has 1 aliphatic rings. The van der Waals surface area contributed by atoms with Crippen LogP contribution >= 0.6 is 11.8 Å². The Labute approximate surface area is 224 Å². The zero-order chi connectivity index (χ0) is 27.6. The molecule has 3 rings (SSSR count). The molecule has 0 aromatic heterocycles. The van der Waals surface area contributed by atoms with Gasteiger partial charge in [0, 0.05) is 29.9 Å². The number of carbonyl (C=O) groups is 1. The van der Waals surface area contributed by atoms with Gasteiger partial charge in [0.15, 0.2) is 8.32 Å². The summed E-state index contributed by atoms with van der Waals surface area (Å²) in [6.07, 6.45) is -4.84. The first-order chi connectivity index (χ1) is 17.1. The van der Waals surface area contributed by atoms with Gasteiger partial charge < -0.3 is 14.1 Å². The smallest absolute Gasteiger partial charge is 0.412 e. The maximum absolute atomic E-state index is 14.7. The van der Waals surface area contributed by atoms with Gasteiger partial charge in [-0.05, 0) is 43.6 Å². The molecule has 0 saturated carbocycles. The molecule has 1 heterocycles. The molecule has 37 heavy (non-hydrogen) atoms. The number of thioether (sulfide) groups is 1. The highest BCUT2D eigenvalue weighted by molar-refractivity contribution is 7.99. The van der Waals surface area contributed by atoms with Crippen LogP contribution in [0.2, 0.25) is 18.1 Å². The molecule has 1 saturated heterocycles. The molecule has 4 nitrogen and oxygen atoms in total. The van der Waals surface area contributed by atoms with E-state index in [1.54, 1.807) is 6.07 Å². The number of rotatable bonds is 8. The van der Waals surface area contributed by atoms with E-state index in [9.17, 15) is 18.0 Å². The molecule has 2 aromatic carbocycles. The molecule has 2 aromatic rings. The van der Waals surface area contributed by atoms with Gasteiger partial charge in [0.1, 0.15) is 0 Å². The Hall–Kier alpha value is -1.81. The lowest BCUT2D eigenvalue weighted by molar-refractivity contribution is -0.270. The molecule has 0 N–H and O–H groups in total. The minimum absolute atomic E-state index is 0.0780. The normalized spacial score (nSPS) is 20.6. The number of benzene rings is 2. The van der Waals surface area contributed by atoms with Crippen molar-refractivity contribution in [1.29, 1.82) is 0 Å². The van der Waals surface area contributed by atoms with Crippen LogP contribution in [0.25, 0.3) is 0 Å². The number of alkyl halides is 3. The highest BCUT2D eigenvalue weighted by Gasteiger charge is 2.65. The van der Waals surface area contributed by atoms with Gasteiger partial charge in [-0.15, -0.1) is 11.8 Å². The Morgan fingerprint density at radius 1 is 1.05 bits per heavy atom. The van der Waals surface area contributed by atoms with Crippen molar-refractivity contribution in [3.8, 4) is 0 Å². The summed E-state index contributed by atoms with van der Waals surface area (Å²) in [5.74, 6) is -0.676. The van der Waals surface area contributed by atoms with Gasteiger partial charge in [0.2, 0.25) is 0 Å². The summed E-state index contributed by atoms with van der Waals surface area (Å²) in [5.41, 5.74) is -2.19. The molecule has 204 valence electrons. The summed E-state index contributed by atoms with van der Waals surface area (Å²) in [6.45, 7) is 12.8. The molecule has 3 atom stereocenters. The molecular formula is C28H38F3NO3SSi. The van der Waals surface area contributed by atoms with E-state index in [1.807, 2.05) is 31.2 Å². The number of ether oxygens (including phenoxy) is 1. The predicted octanol–water partition coefficient (Wildman–Crippen LogP) is 7.18. The second-order valence-electron chi connectivity index (χ2n) is 11.1. The predicted molar refractivity (Wildman–Crippen MR) is 145 cm³/mol. The third-order valence-corrected chi connectivity index (χ3v) is 13.2. The maximum atomic E-state index is 14.7. The molecule has 1 fully saturated rings. The Bertz CT molecular complexity index is 1060. The van der Waals surface area contributed by atoms with Crippen LogP contribution < -0.4 is 0 Å². The van der Waals surface area contributed by atoms with Gasteiger partial charge in [-0.1, -0.05) is 68.8 Å². The van der Waals surface area contributed by atoms with Gasteiger partial charge in [-0.25, -0.2) is 0 Å². The second-order valence-corrected chi connectivity index (χ2v) is 17.0. The van der Waals surface area contributed by atoms with Crippen LogP contribution in [0.1, 0.15) is 38.3 Å². The van der Waals surface area contributed by atoms with Gasteiger partial charge in [0.05, 0.1) is 12.1 Å². The number of hydrogen-bond donors (Lipinski definition) is 0. The van der Waals surface area contributed by atoms with Crippen molar-refractivity contribution in [2.24, 2.45) is 0 Å². The third kappa shape index (κ3) is 6.10. The largest absolute Gasteiger partial charge is 0.430 e. The Kier molecular flexibility index (Phi) is 8.94. The van der Waals surface area contributed by atoms with Crippen LogP contribution in [0, 0.1) is 6.92 Å². The molecule has 9 heteroatoms. The molecule has 1 amide bonds. The van der Waals surface area contributed by atoms with E-state index in [0.717, 1.165) is 17.6 Å². The topological polar surface area (TPSA) is 38.8 Å². The first-order valence-corrected chi connectivity index (χ1v) is 16.4. The van der Waals surface area contributed by atoms with Crippen molar-refractivity contribution in [2.75, 3.05) is 19.4 Å². The first-order valence-electron chi connectivity index (χ1n) is 12.5. The SMILES string of the molecule is CO[C@@](C(=O)N1CC[C@@H](O[Si](C)(C)C(C)(C)C)[C@@H]1CSc1ccc(C)cc1)(c1ccccc1)C(F)(F)F. The van der Waals surface area contributed by atoms with Crippen molar-refractivity contribution in [3.05, 3.63) is 65.7 Å². The number of aryl methyl sites for hydroxylation is 1. The molecule has 0 spiro atoms. The third-order valence-electron chi connectivity index (χ3n) is 7.63. The van der Waals surface area contributed by atoms with E-state index in [4.69, 9.17) is 9.16 Å². The molecular weight excluding hydrogens is 515 g/mol. The fraction of sp³-hybridized carbons (Fsp3) is 0.536. The lowest BCUT2D eigenvalue weighted by Crippen LogP contribution is -2.59. The van der Waals surface area contributed by atoms with Crippen LogP contribution in [-0.2, 0) is 19.6 Å². The molecule has 0 radical (unpaired) electrons. The number of hydrogen-bond acceptors (Lipinski definition) is 4. The van der Waals surface area contributed by atoms with Crippen LogP contribution in [-0.4, -0.2) is 56.9 Å². The molecule has 1 aliphatic heterocycles. The van der Waals surface area contributed by atoms with Gasteiger partial charge in [-0.3, -0.25) is 4.79 Å². The second kappa shape index (κ2) is 11.1. The van der Waals surface area contributed by atoms with E-state index < -0.39 is 32.0 Å².